The highest BCUT2D eigenvalue weighted by molar-refractivity contribution is 9.10. The van der Waals surface area contributed by atoms with Crippen molar-refractivity contribution in [1.29, 1.82) is 0 Å². The second-order valence-corrected chi connectivity index (χ2v) is 10.0. The molecule has 1 unspecified atom stereocenters. The maximum Gasteiger partial charge on any atom is 0.245 e. The molecule has 0 saturated heterocycles. The molecule has 30 heavy (non-hydrogen) atoms. The summed E-state index contributed by atoms with van der Waals surface area (Å²) < 4.78 is 72.1. The van der Waals surface area contributed by atoms with E-state index in [1.165, 1.54) is 31.4 Å². The second kappa shape index (κ2) is 8.22. The minimum atomic E-state index is -4.01. The van der Waals surface area contributed by atoms with E-state index < -0.39 is 45.6 Å². The molecule has 0 fully saturated rings. The van der Waals surface area contributed by atoms with Gasteiger partial charge in [0.05, 0.1) is 33.8 Å². The Morgan fingerprint density at radius 2 is 1.87 bits per heavy atom. The highest BCUT2D eigenvalue weighted by Gasteiger charge is 2.40. The zero-order chi connectivity index (χ0) is 22.3. The predicted octanol–water partition coefficient (Wildman–Crippen LogP) is 5.10. The summed E-state index contributed by atoms with van der Waals surface area (Å²) in [5.74, 6) is -5.80. The first-order valence-corrected chi connectivity index (χ1v) is 11.4. The van der Waals surface area contributed by atoms with Crippen LogP contribution in [-0.4, -0.2) is 33.1 Å². The van der Waals surface area contributed by atoms with Crippen LogP contribution in [0.25, 0.3) is 0 Å². The molecular weight excluding hydrogens is 487 g/mol. The van der Waals surface area contributed by atoms with E-state index in [-0.39, 0.29) is 28.4 Å². The summed E-state index contributed by atoms with van der Waals surface area (Å²) in [4.78, 5) is 14.3. The van der Waals surface area contributed by atoms with E-state index in [1.54, 1.807) is 0 Å². The van der Waals surface area contributed by atoms with Gasteiger partial charge < -0.3 is 4.74 Å². The van der Waals surface area contributed by atoms with Crippen molar-refractivity contribution in [1.82, 2.24) is 0 Å². The monoisotopic (exact) mass is 505 g/mol. The quantitative estimate of drug-likeness (QED) is 0.566. The summed E-state index contributed by atoms with van der Waals surface area (Å²) in [6.45, 7) is 0.719. The summed E-state index contributed by atoms with van der Waals surface area (Å²) in [7, 11) is -2.64. The zero-order valence-corrected chi connectivity index (χ0v) is 18.6. The molecule has 1 amide bonds. The van der Waals surface area contributed by atoms with Gasteiger partial charge in [0, 0.05) is 18.2 Å². The van der Waals surface area contributed by atoms with Gasteiger partial charge in [-0.1, -0.05) is 0 Å². The lowest BCUT2D eigenvalue weighted by Crippen LogP contribution is -2.34. The molecule has 3 rings (SSSR count). The van der Waals surface area contributed by atoms with Gasteiger partial charge in [-0.25, -0.2) is 21.6 Å². The van der Waals surface area contributed by atoms with Crippen molar-refractivity contribution in [3.8, 4) is 5.75 Å². The molecule has 0 saturated carbocycles. The van der Waals surface area contributed by atoms with Crippen molar-refractivity contribution in [2.24, 2.45) is 5.92 Å². The Balaban J connectivity index is 2.21. The van der Waals surface area contributed by atoms with E-state index >= 15 is 0 Å². The summed E-state index contributed by atoms with van der Waals surface area (Å²) in [5, 5.41) is 0. The lowest BCUT2D eigenvalue weighted by molar-refractivity contribution is -0.121. The molecule has 1 atom stereocenters. The van der Waals surface area contributed by atoms with E-state index in [9.17, 15) is 26.4 Å². The number of nitrogens with zero attached hydrogens (tertiary/aromatic N) is 1. The van der Waals surface area contributed by atoms with Crippen molar-refractivity contribution < 1.29 is 31.1 Å². The largest absolute Gasteiger partial charge is 0.496 e. The molecular formula is C20H19BrF3NO4S. The lowest BCUT2D eigenvalue weighted by Gasteiger charge is -2.26. The Bertz CT molecular complexity index is 1070. The number of anilines is 2. The number of hydrogen-bond donors (Lipinski definition) is 0. The van der Waals surface area contributed by atoms with Gasteiger partial charge in [0.2, 0.25) is 11.8 Å². The zero-order valence-electron chi connectivity index (χ0n) is 16.2. The molecule has 2 aromatic carbocycles. The Kier molecular flexibility index (Phi) is 6.20. The molecule has 0 aromatic heterocycles. The van der Waals surface area contributed by atoms with E-state index in [0.717, 1.165) is 24.0 Å². The average molecular weight is 506 g/mol. The molecule has 1 aliphatic rings. The highest BCUT2D eigenvalue weighted by atomic mass is 79.9. The van der Waals surface area contributed by atoms with Crippen molar-refractivity contribution in [2.75, 3.05) is 17.8 Å². The maximum absolute atomic E-state index is 13.4. The molecule has 162 valence electrons. The molecule has 1 aliphatic heterocycles. The number of fused-ring (bicyclic) bond motifs is 1. The van der Waals surface area contributed by atoms with Gasteiger partial charge in [0.1, 0.15) is 11.6 Å². The molecule has 2 aromatic rings. The fraction of sp³-hybridized carbons (Fsp3) is 0.350. The van der Waals surface area contributed by atoms with Crippen LogP contribution in [0, 0.1) is 11.7 Å². The SMILES string of the molecule is COc1cc2c(cc1Br)N(c1ccc(F)cc1)C(=O)C(CCC(C)(F)F)CS2(=O)=O. The lowest BCUT2D eigenvalue weighted by atomic mass is 10.0. The molecule has 0 N–H and O–H groups in total. The minimum Gasteiger partial charge on any atom is -0.496 e. The van der Waals surface area contributed by atoms with Crippen molar-refractivity contribution in [2.45, 2.75) is 30.6 Å². The molecule has 1 heterocycles. The van der Waals surface area contributed by atoms with Crippen LogP contribution >= 0.6 is 15.9 Å². The Labute approximate surface area is 180 Å². The van der Waals surface area contributed by atoms with Crippen LogP contribution in [-0.2, 0) is 14.6 Å². The number of alkyl halides is 2. The fourth-order valence-electron chi connectivity index (χ4n) is 3.32. The fourth-order valence-corrected chi connectivity index (χ4v) is 5.59. The third-order valence-corrected chi connectivity index (χ3v) is 7.27. The summed E-state index contributed by atoms with van der Waals surface area (Å²) in [5.41, 5.74) is 0.273. The minimum absolute atomic E-state index is 0.0463. The van der Waals surface area contributed by atoms with Gasteiger partial charge in [-0.3, -0.25) is 9.69 Å². The van der Waals surface area contributed by atoms with Crippen molar-refractivity contribution in [3.05, 3.63) is 46.7 Å². The van der Waals surface area contributed by atoms with Crippen LogP contribution in [0.1, 0.15) is 19.8 Å². The number of amides is 1. The third kappa shape index (κ3) is 4.64. The van der Waals surface area contributed by atoms with Gasteiger partial charge >= 0.3 is 0 Å². The molecule has 0 radical (unpaired) electrons. The van der Waals surface area contributed by atoms with Crippen LogP contribution in [0.3, 0.4) is 0 Å². The highest BCUT2D eigenvalue weighted by Crippen LogP contribution is 2.43. The number of hydrogen-bond acceptors (Lipinski definition) is 4. The number of halogens is 4. The molecule has 0 spiro atoms. The standard InChI is InChI=1S/C20H19BrF3NO4S/c1-20(23,24)8-7-12-11-30(27,28)18-10-17(29-2)15(21)9-16(18)25(19(12)26)14-5-3-13(22)4-6-14/h3-6,9-10,12H,7-8,11H2,1-2H3. The first-order valence-electron chi connectivity index (χ1n) is 9.00. The number of ether oxygens (including phenoxy) is 1. The van der Waals surface area contributed by atoms with Crippen molar-refractivity contribution >= 4 is 43.0 Å². The number of carbonyl (C=O) groups excluding carboxylic acids is 1. The van der Waals surface area contributed by atoms with Gasteiger partial charge in [0.15, 0.2) is 9.84 Å². The van der Waals surface area contributed by atoms with Crippen molar-refractivity contribution in [3.63, 3.8) is 0 Å². The predicted molar refractivity (Wildman–Crippen MR) is 110 cm³/mol. The van der Waals surface area contributed by atoms with Crippen LogP contribution in [0.2, 0.25) is 0 Å². The topological polar surface area (TPSA) is 63.7 Å². The molecule has 0 bridgehead atoms. The van der Waals surface area contributed by atoms with Gasteiger partial charge in [0.25, 0.3) is 0 Å². The number of sulfone groups is 1. The van der Waals surface area contributed by atoms with Crippen LogP contribution in [0.4, 0.5) is 24.5 Å². The van der Waals surface area contributed by atoms with Crippen LogP contribution < -0.4 is 9.64 Å². The third-order valence-electron chi connectivity index (χ3n) is 4.82. The maximum atomic E-state index is 13.4. The Morgan fingerprint density at radius 3 is 2.43 bits per heavy atom. The Hall–Kier alpha value is -2.07. The smallest absolute Gasteiger partial charge is 0.245 e. The summed E-state index contributed by atoms with van der Waals surface area (Å²) >= 11 is 3.29. The van der Waals surface area contributed by atoms with Crippen LogP contribution in [0.5, 0.6) is 5.75 Å². The normalized spacial score (nSPS) is 18.7. The average Bonchev–Trinajstić information content (AvgIpc) is 2.73. The van der Waals surface area contributed by atoms with Crippen LogP contribution in [0.15, 0.2) is 45.8 Å². The number of rotatable bonds is 5. The molecule has 10 heteroatoms. The summed E-state index contributed by atoms with van der Waals surface area (Å²) in [6, 6.07) is 7.64. The number of carbonyl (C=O) groups is 1. The number of methoxy groups -OCH3 is 1. The van der Waals surface area contributed by atoms with E-state index in [1.807, 2.05) is 0 Å². The Morgan fingerprint density at radius 1 is 1.23 bits per heavy atom. The van der Waals surface area contributed by atoms with E-state index in [2.05, 4.69) is 15.9 Å². The van der Waals surface area contributed by atoms with E-state index in [0.29, 0.717) is 4.47 Å². The first kappa shape index (κ1) is 22.6. The van der Waals surface area contributed by atoms with E-state index in [4.69, 9.17) is 4.74 Å². The molecule has 0 aliphatic carbocycles. The molecule has 5 nitrogen and oxygen atoms in total. The van der Waals surface area contributed by atoms with Gasteiger partial charge in [-0.15, -0.1) is 0 Å². The summed E-state index contributed by atoms with van der Waals surface area (Å²) in [6.07, 6.45) is -0.953. The first-order chi connectivity index (χ1) is 13.9. The number of benzene rings is 2. The van der Waals surface area contributed by atoms with Gasteiger partial charge in [-0.05, 0) is 59.6 Å². The second-order valence-electron chi connectivity index (χ2n) is 7.19. The van der Waals surface area contributed by atoms with Gasteiger partial charge in [-0.2, -0.15) is 0 Å².